The minimum atomic E-state index is -0.593. The highest BCUT2D eigenvalue weighted by atomic mass is 16.2. The number of carbonyl (C=O) groups is 1. The van der Waals surface area contributed by atoms with E-state index in [1.807, 2.05) is 36.4 Å². The Balaban J connectivity index is 1.43. The second-order valence-electron chi connectivity index (χ2n) is 6.34. The van der Waals surface area contributed by atoms with Gasteiger partial charge in [0, 0.05) is 18.3 Å². The predicted octanol–water partition coefficient (Wildman–Crippen LogP) is 2.04. The summed E-state index contributed by atoms with van der Waals surface area (Å²) < 4.78 is 0. The number of nitrogens with zero attached hydrogens (tertiary/aromatic N) is 5. The van der Waals surface area contributed by atoms with E-state index in [2.05, 4.69) is 35.9 Å². The molecule has 0 aliphatic rings. The first kappa shape index (κ1) is 20.6. The Morgan fingerprint density at radius 3 is 2.60 bits per heavy atom. The summed E-state index contributed by atoms with van der Waals surface area (Å²) in [6.45, 7) is 0.597. The van der Waals surface area contributed by atoms with Crippen LogP contribution in [0.1, 0.15) is 18.5 Å². The Morgan fingerprint density at radius 1 is 1.07 bits per heavy atom. The maximum Gasteiger partial charge on any atom is 0.241 e. The summed E-state index contributed by atoms with van der Waals surface area (Å²) in [5, 5.41) is 17.7. The van der Waals surface area contributed by atoms with Gasteiger partial charge in [-0.15, -0.1) is 0 Å². The fourth-order valence-corrected chi connectivity index (χ4v) is 2.53. The second-order valence-corrected chi connectivity index (χ2v) is 6.34. The molecule has 0 aliphatic carbocycles. The first-order valence-corrected chi connectivity index (χ1v) is 9.30. The molecule has 0 bridgehead atoms. The highest BCUT2D eigenvalue weighted by Crippen LogP contribution is 2.14. The Morgan fingerprint density at radius 2 is 1.87 bits per heavy atom. The van der Waals surface area contributed by atoms with Crippen molar-refractivity contribution in [2.75, 3.05) is 22.5 Å². The minimum absolute atomic E-state index is 0.210. The summed E-state index contributed by atoms with van der Waals surface area (Å²) in [5.41, 5.74) is 6.93. The van der Waals surface area contributed by atoms with Crippen LogP contribution in [0.15, 0.2) is 55.1 Å². The molecule has 10 heteroatoms. The SMILES string of the molecule is N#Cc1cnc(Nc2cc(NCCC[C@H](N)C(=O)Nc3ccccc3)ncn2)cn1. The Labute approximate surface area is 173 Å². The van der Waals surface area contributed by atoms with Crippen molar-refractivity contribution >= 4 is 29.0 Å². The third-order valence-electron chi connectivity index (χ3n) is 4.07. The lowest BCUT2D eigenvalue weighted by atomic mass is 10.1. The van der Waals surface area contributed by atoms with Crippen molar-refractivity contribution in [3.63, 3.8) is 0 Å². The van der Waals surface area contributed by atoms with Crippen LogP contribution in [0, 0.1) is 11.3 Å². The molecule has 0 saturated carbocycles. The summed E-state index contributed by atoms with van der Waals surface area (Å²) in [5.74, 6) is 1.41. The number of nitrogens with two attached hydrogens (primary N) is 1. The molecule has 1 atom stereocenters. The molecule has 0 unspecified atom stereocenters. The van der Waals surface area contributed by atoms with E-state index in [-0.39, 0.29) is 11.6 Å². The highest BCUT2D eigenvalue weighted by Gasteiger charge is 2.13. The number of carbonyl (C=O) groups excluding carboxylic acids is 1. The average Bonchev–Trinajstić information content (AvgIpc) is 2.78. The molecule has 3 rings (SSSR count). The van der Waals surface area contributed by atoms with E-state index >= 15 is 0 Å². The maximum atomic E-state index is 12.1. The monoisotopic (exact) mass is 403 g/mol. The van der Waals surface area contributed by atoms with Crippen molar-refractivity contribution < 1.29 is 4.79 Å². The number of para-hydroxylation sites is 1. The van der Waals surface area contributed by atoms with Gasteiger partial charge in [0.05, 0.1) is 18.4 Å². The van der Waals surface area contributed by atoms with Crippen LogP contribution in [-0.4, -0.2) is 38.4 Å². The van der Waals surface area contributed by atoms with Gasteiger partial charge < -0.3 is 21.7 Å². The van der Waals surface area contributed by atoms with Gasteiger partial charge in [-0.05, 0) is 25.0 Å². The van der Waals surface area contributed by atoms with Gasteiger partial charge in [0.1, 0.15) is 29.9 Å². The maximum absolute atomic E-state index is 12.1. The van der Waals surface area contributed by atoms with Crippen LogP contribution < -0.4 is 21.7 Å². The molecule has 0 fully saturated rings. The van der Waals surface area contributed by atoms with E-state index in [1.54, 1.807) is 6.07 Å². The quantitative estimate of drug-likeness (QED) is 0.393. The number of amides is 1. The van der Waals surface area contributed by atoms with E-state index in [0.29, 0.717) is 36.8 Å². The lowest BCUT2D eigenvalue weighted by Crippen LogP contribution is -2.35. The van der Waals surface area contributed by atoms with Crippen LogP contribution in [0.3, 0.4) is 0 Å². The van der Waals surface area contributed by atoms with Crippen molar-refractivity contribution in [1.29, 1.82) is 5.26 Å². The van der Waals surface area contributed by atoms with E-state index in [4.69, 9.17) is 11.0 Å². The lowest BCUT2D eigenvalue weighted by Gasteiger charge is -2.13. The van der Waals surface area contributed by atoms with Gasteiger partial charge >= 0.3 is 0 Å². The number of benzene rings is 1. The third kappa shape index (κ3) is 6.22. The van der Waals surface area contributed by atoms with Crippen molar-refractivity contribution in [2.24, 2.45) is 5.73 Å². The number of hydrogen-bond acceptors (Lipinski definition) is 9. The molecule has 1 aromatic carbocycles. The van der Waals surface area contributed by atoms with Gasteiger partial charge in [0.2, 0.25) is 5.91 Å². The summed E-state index contributed by atoms with van der Waals surface area (Å²) in [4.78, 5) is 28.4. The normalized spacial score (nSPS) is 11.2. The van der Waals surface area contributed by atoms with Crippen molar-refractivity contribution in [2.45, 2.75) is 18.9 Å². The molecular weight excluding hydrogens is 382 g/mol. The lowest BCUT2D eigenvalue weighted by molar-refractivity contribution is -0.117. The number of nitrogens with one attached hydrogen (secondary N) is 3. The van der Waals surface area contributed by atoms with Crippen LogP contribution in [0.4, 0.5) is 23.1 Å². The number of rotatable bonds is 9. The van der Waals surface area contributed by atoms with Crippen LogP contribution in [0.5, 0.6) is 0 Å². The largest absolute Gasteiger partial charge is 0.370 e. The molecule has 10 nitrogen and oxygen atoms in total. The Bertz CT molecular complexity index is 1000. The fraction of sp³-hybridized carbons (Fsp3) is 0.200. The molecule has 0 spiro atoms. The summed E-state index contributed by atoms with van der Waals surface area (Å²) in [6, 6.07) is 12.3. The molecule has 2 heterocycles. The molecular formula is C20H21N9O. The zero-order chi connectivity index (χ0) is 21.2. The third-order valence-corrected chi connectivity index (χ3v) is 4.07. The fourth-order valence-electron chi connectivity index (χ4n) is 2.53. The van der Waals surface area contributed by atoms with Crippen LogP contribution in [0.25, 0.3) is 0 Å². The first-order valence-electron chi connectivity index (χ1n) is 9.30. The molecule has 0 aliphatic heterocycles. The molecule has 152 valence electrons. The number of hydrogen-bond donors (Lipinski definition) is 4. The van der Waals surface area contributed by atoms with Gasteiger partial charge in [-0.3, -0.25) is 4.79 Å². The van der Waals surface area contributed by atoms with Crippen LogP contribution in [-0.2, 0) is 4.79 Å². The topological polar surface area (TPSA) is 155 Å². The first-order chi connectivity index (χ1) is 14.6. The summed E-state index contributed by atoms with van der Waals surface area (Å²) in [6.07, 6.45) is 5.47. The molecule has 1 amide bonds. The van der Waals surface area contributed by atoms with E-state index in [9.17, 15) is 4.79 Å². The van der Waals surface area contributed by atoms with Crippen LogP contribution in [0.2, 0.25) is 0 Å². The average molecular weight is 403 g/mol. The molecule has 5 N–H and O–H groups in total. The Kier molecular flexibility index (Phi) is 7.18. The zero-order valence-corrected chi connectivity index (χ0v) is 16.1. The van der Waals surface area contributed by atoms with Gasteiger partial charge in [-0.1, -0.05) is 18.2 Å². The van der Waals surface area contributed by atoms with E-state index in [0.717, 1.165) is 5.69 Å². The van der Waals surface area contributed by atoms with E-state index < -0.39 is 6.04 Å². The molecule has 0 radical (unpaired) electrons. The molecule has 0 saturated heterocycles. The van der Waals surface area contributed by atoms with Gasteiger partial charge in [0.25, 0.3) is 0 Å². The van der Waals surface area contributed by atoms with Crippen molar-refractivity contribution in [3.8, 4) is 6.07 Å². The zero-order valence-electron chi connectivity index (χ0n) is 16.1. The summed E-state index contributed by atoms with van der Waals surface area (Å²) >= 11 is 0. The van der Waals surface area contributed by atoms with E-state index in [1.165, 1.54) is 18.7 Å². The standard InChI is InChI=1S/C20H21N9O/c21-10-15-11-25-19(12-24-15)29-18-9-17(26-13-27-18)23-8-4-7-16(22)20(30)28-14-5-2-1-3-6-14/h1-3,5-6,9,11-13,16H,4,7-8,22H2,(H,28,30)(H2,23,25,26,27,29)/t16-/m0/s1. The summed E-state index contributed by atoms with van der Waals surface area (Å²) in [7, 11) is 0. The molecule has 3 aromatic rings. The smallest absolute Gasteiger partial charge is 0.241 e. The Hall–Kier alpha value is -4.10. The number of anilines is 4. The van der Waals surface area contributed by atoms with Gasteiger partial charge in [0.15, 0.2) is 5.69 Å². The predicted molar refractivity (Wildman–Crippen MR) is 113 cm³/mol. The number of aromatic nitrogens is 4. The number of nitriles is 1. The highest BCUT2D eigenvalue weighted by molar-refractivity contribution is 5.94. The second kappa shape index (κ2) is 10.4. The van der Waals surface area contributed by atoms with Gasteiger partial charge in [-0.25, -0.2) is 19.9 Å². The molecule has 2 aromatic heterocycles. The van der Waals surface area contributed by atoms with Gasteiger partial charge in [-0.2, -0.15) is 5.26 Å². The minimum Gasteiger partial charge on any atom is -0.370 e. The molecule has 30 heavy (non-hydrogen) atoms. The van der Waals surface area contributed by atoms with Crippen molar-refractivity contribution in [1.82, 2.24) is 19.9 Å². The van der Waals surface area contributed by atoms with Crippen molar-refractivity contribution in [3.05, 3.63) is 60.8 Å². The van der Waals surface area contributed by atoms with Crippen LogP contribution >= 0.6 is 0 Å².